The van der Waals surface area contributed by atoms with E-state index in [4.69, 9.17) is 22.4 Å². The molecule has 1 aromatic heterocycles. The van der Waals surface area contributed by atoms with Crippen LogP contribution in [0.1, 0.15) is 5.56 Å². The van der Waals surface area contributed by atoms with Crippen LogP contribution in [0.25, 0.3) is 11.3 Å². The van der Waals surface area contributed by atoms with Gasteiger partial charge in [-0.25, -0.2) is 0 Å². The molecule has 0 fully saturated rings. The Kier molecular flexibility index (Phi) is 2.33. The summed E-state index contributed by atoms with van der Waals surface area (Å²) in [5.74, 6) is 0.847. The van der Waals surface area contributed by atoms with Crippen LogP contribution in [0.3, 0.4) is 0 Å². The van der Waals surface area contributed by atoms with E-state index in [1.54, 1.807) is 6.26 Å². The zero-order valence-corrected chi connectivity index (χ0v) is 8.25. The van der Waals surface area contributed by atoms with Gasteiger partial charge in [-0.3, -0.25) is 0 Å². The van der Waals surface area contributed by atoms with E-state index in [9.17, 15) is 0 Å². The first kappa shape index (κ1) is 8.97. The predicted octanol–water partition coefficient (Wildman–Crippen LogP) is 2.58. The first-order valence-corrected chi connectivity index (χ1v) is 4.62. The number of benzene rings is 1. The summed E-state index contributed by atoms with van der Waals surface area (Å²) < 4.78 is 5.26. The molecule has 2 rings (SSSR count). The standard InChI is InChI=1S/C11H9NOS/c12-11(14)9-5-3-8(4-6-9)10-2-1-7-13-10/h1-7H,(H2,12,14). The van der Waals surface area contributed by atoms with E-state index in [1.165, 1.54) is 0 Å². The average Bonchev–Trinajstić information content (AvgIpc) is 2.71. The van der Waals surface area contributed by atoms with Crippen molar-refractivity contribution in [3.8, 4) is 11.3 Å². The van der Waals surface area contributed by atoms with E-state index in [1.807, 2.05) is 36.4 Å². The molecule has 0 unspecified atom stereocenters. The van der Waals surface area contributed by atoms with Gasteiger partial charge < -0.3 is 10.2 Å². The normalized spacial score (nSPS) is 10.0. The second-order valence-electron chi connectivity index (χ2n) is 2.92. The van der Waals surface area contributed by atoms with Crippen LogP contribution in [-0.4, -0.2) is 4.99 Å². The zero-order chi connectivity index (χ0) is 9.97. The lowest BCUT2D eigenvalue weighted by Crippen LogP contribution is -2.08. The Labute approximate surface area is 87.3 Å². The Morgan fingerprint density at radius 1 is 1.14 bits per heavy atom. The van der Waals surface area contributed by atoms with Crippen LogP contribution >= 0.6 is 12.2 Å². The maximum absolute atomic E-state index is 5.49. The van der Waals surface area contributed by atoms with Crippen molar-refractivity contribution in [2.75, 3.05) is 0 Å². The van der Waals surface area contributed by atoms with E-state index in [0.29, 0.717) is 4.99 Å². The molecule has 70 valence electrons. The van der Waals surface area contributed by atoms with Crippen LogP contribution in [0.15, 0.2) is 47.1 Å². The van der Waals surface area contributed by atoms with Crippen LogP contribution in [0.2, 0.25) is 0 Å². The highest BCUT2D eigenvalue weighted by molar-refractivity contribution is 7.80. The van der Waals surface area contributed by atoms with Gasteiger partial charge in [-0.2, -0.15) is 0 Å². The molecule has 1 heterocycles. The lowest BCUT2D eigenvalue weighted by atomic mass is 10.1. The number of thiocarbonyl (C=S) groups is 1. The third kappa shape index (κ3) is 1.67. The fraction of sp³-hybridized carbons (Fsp3) is 0. The van der Waals surface area contributed by atoms with Crippen molar-refractivity contribution in [2.24, 2.45) is 5.73 Å². The molecule has 0 atom stereocenters. The minimum atomic E-state index is 0.413. The van der Waals surface area contributed by atoms with Crippen LogP contribution in [0.4, 0.5) is 0 Å². The molecule has 3 heteroatoms. The second kappa shape index (κ2) is 3.64. The summed E-state index contributed by atoms with van der Waals surface area (Å²) in [4.78, 5) is 0.413. The summed E-state index contributed by atoms with van der Waals surface area (Å²) in [6, 6.07) is 11.4. The van der Waals surface area contributed by atoms with Gasteiger partial charge in [0.15, 0.2) is 0 Å². The summed E-state index contributed by atoms with van der Waals surface area (Å²) in [5, 5.41) is 0. The lowest BCUT2D eigenvalue weighted by molar-refractivity contribution is 0.582. The highest BCUT2D eigenvalue weighted by Crippen LogP contribution is 2.19. The molecule has 2 aromatic rings. The summed E-state index contributed by atoms with van der Waals surface area (Å²) in [6.07, 6.45) is 1.65. The van der Waals surface area contributed by atoms with Crippen molar-refractivity contribution in [3.63, 3.8) is 0 Å². The van der Waals surface area contributed by atoms with Crippen molar-refractivity contribution in [2.45, 2.75) is 0 Å². The number of nitrogens with two attached hydrogens (primary N) is 1. The van der Waals surface area contributed by atoms with Gasteiger partial charge in [0.1, 0.15) is 10.7 Å². The quantitative estimate of drug-likeness (QED) is 0.762. The van der Waals surface area contributed by atoms with Gasteiger partial charge in [-0.1, -0.05) is 36.5 Å². The molecule has 0 spiro atoms. The third-order valence-electron chi connectivity index (χ3n) is 1.98. The average molecular weight is 203 g/mol. The lowest BCUT2D eigenvalue weighted by Gasteiger charge is -1.99. The molecule has 14 heavy (non-hydrogen) atoms. The summed E-state index contributed by atoms with van der Waals surface area (Å²) in [7, 11) is 0. The van der Waals surface area contributed by atoms with Gasteiger partial charge in [-0.15, -0.1) is 0 Å². The van der Waals surface area contributed by atoms with Crippen LogP contribution in [0.5, 0.6) is 0 Å². The second-order valence-corrected chi connectivity index (χ2v) is 3.36. The van der Waals surface area contributed by atoms with Crippen molar-refractivity contribution in [1.82, 2.24) is 0 Å². The van der Waals surface area contributed by atoms with Gasteiger partial charge in [0.25, 0.3) is 0 Å². The Morgan fingerprint density at radius 3 is 2.36 bits per heavy atom. The Bertz CT molecular complexity index is 431. The first-order valence-electron chi connectivity index (χ1n) is 4.21. The molecule has 0 saturated heterocycles. The van der Waals surface area contributed by atoms with Crippen LogP contribution in [0, 0.1) is 0 Å². The molecule has 2 nitrogen and oxygen atoms in total. The number of rotatable bonds is 2. The summed E-state index contributed by atoms with van der Waals surface area (Å²) >= 11 is 4.86. The first-order chi connectivity index (χ1) is 6.77. The van der Waals surface area contributed by atoms with E-state index in [-0.39, 0.29) is 0 Å². The van der Waals surface area contributed by atoms with Gasteiger partial charge >= 0.3 is 0 Å². The molecule has 0 aliphatic heterocycles. The molecule has 0 bridgehead atoms. The van der Waals surface area contributed by atoms with Crippen molar-refractivity contribution in [3.05, 3.63) is 48.2 Å². The third-order valence-corrected chi connectivity index (χ3v) is 2.21. The molecule has 0 aliphatic rings. The molecule has 0 amide bonds. The Hall–Kier alpha value is -1.61. The highest BCUT2D eigenvalue weighted by atomic mass is 32.1. The Balaban J connectivity index is 2.36. The molecule has 1 aromatic carbocycles. The maximum Gasteiger partial charge on any atom is 0.133 e. The van der Waals surface area contributed by atoms with Crippen molar-refractivity contribution < 1.29 is 4.42 Å². The molecular weight excluding hydrogens is 194 g/mol. The highest BCUT2D eigenvalue weighted by Gasteiger charge is 2.00. The van der Waals surface area contributed by atoms with Crippen LogP contribution in [-0.2, 0) is 0 Å². The van der Waals surface area contributed by atoms with Crippen molar-refractivity contribution in [1.29, 1.82) is 0 Å². The van der Waals surface area contributed by atoms with Gasteiger partial charge in [0, 0.05) is 11.1 Å². The number of hydrogen-bond acceptors (Lipinski definition) is 2. The topological polar surface area (TPSA) is 39.2 Å². The molecule has 0 saturated carbocycles. The van der Waals surface area contributed by atoms with Gasteiger partial charge in [0.05, 0.1) is 6.26 Å². The minimum Gasteiger partial charge on any atom is -0.464 e. The smallest absolute Gasteiger partial charge is 0.133 e. The maximum atomic E-state index is 5.49. The van der Waals surface area contributed by atoms with Gasteiger partial charge in [-0.05, 0) is 12.1 Å². The predicted molar refractivity (Wildman–Crippen MR) is 60.0 cm³/mol. The summed E-state index contributed by atoms with van der Waals surface area (Å²) in [5.41, 5.74) is 7.38. The van der Waals surface area contributed by atoms with Crippen molar-refractivity contribution >= 4 is 17.2 Å². The minimum absolute atomic E-state index is 0.413. The van der Waals surface area contributed by atoms with Crippen LogP contribution < -0.4 is 5.73 Å². The monoisotopic (exact) mass is 203 g/mol. The number of hydrogen-bond donors (Lipinski definition) is 1. The van der Waals surface area contributed by atoms with Gasteiger partial charge in [0.2, 0.25) is 0 Å². The van der Waals surface area contributed by atoms with E-state index >= 15 is 0 Å². The fourth-order valence-corrected chi connectivity index (χ4v) is 1.38. The number of furan rings is 1. The summed E-state index contributed by atoms with van der Waals surface area (Å²) in [6.45, 7) is 0. The molecule has 0 radical (unpaired) electrons. The van der Waals surface area contributed by atoms with E-state index < -0.39 is 0 Å². The fourth-order valence-electron chi connectivity index (χ4n) is 1.24. The van der Waals surface area contributed by atoms with E-state index in [2.05, 4.69) is 0 Å². The Morgan fingerprint density at radius 2 is 1.86 bits per heavy atom. The molecule has 2 N–H and O–H groups in total. The zero-order valence-electron chi connectivity index (χ0n) is 7.44. The molecular formula is C11H9NOS. The molecule has 0 aliphatic carbocycles. The largest absolute Gasteiger partial charge is 0.464 e. The van der Waals surface area contributed by atoms with E-state index in [0.717, 1.165) is 16.9 Å². The SMILES string of the molecule is NC(=S)c1ccc(-c2ccco2)cc1.